The monoisotopic (exact) mass is 254 g/mol. The number of thiazole rings is 1. The van der Waals surface area contributed by atoms with E-state index in [-0.39, 0.29) is 18.9 Å². The molecule has 17 heavy (non-hydrogen) atoms. The first kappa shape index (κ1) is 11.0. The molecule has 1 aromatic carbocycles. The highest BCUT2D eigenvalue weighted by Crippen LogP contribution is 2.35. The van der Waals surface area contributed by atoms with Crippen LogP contribution in [-0.2, 0) is 0 Å². The largest absolute Gasteiger partial charge is 0.309 e. The van der Waals surface area contributed by atoms with E-state index >= 15 is 0 Å². The highest BCUT2D eigenvalue weighted by Gasteiger charge is 2.36. The summed E-state index contributed by atoms with van der Waals surface area (Å²) < 4.78 is 27.8. The third-order valence-electron chi connectivity index (χ3n) is 3.14. The number of piperidine rings is 1. The van der Waals surface area contributed by atoms with E-state index in [1.807, 2.05) is 18.2 Å². The quantitative estimate of drug-likeness (QED) is 0.844. The lowest BCUT2D eigenvalue weighted by Crippen LogP contribution is -2.38. The topological polar surface area (TPSA) is 24.9 Å². The van der Waals surface area contributed by atoms with Crippen molar-refractivity contribution in [3.63, 3.8) is 0 Å². The Morgan fingerprint density at radius 3 is 3.12 bits per heavy atom. The van der Waals surface area contributed by atoms with E-state index in [9.17, 15) is 8.78 Å². The molecule has 0 spiro atoms. The van der Waals surface area contributed by atoms with Crippen molar-refractivity contribution in [1.29, 1.82) is 0 Å². The summed E-state index contributed by atoms with van der Waals surface area (Å²) in [5.41, 5.74) is 3.57. The first-order chi connectivity index (χ1) is 8.14. The number of aromatic nitrogens is 1. The first-order valence-corrected chi connectivity index (χ1v) is 6.46. The van der Waals surface area contributed by atoms with E-state index in [4.69, 9.17) is 0 Å². The van der Waals surface area contributed by atoms with Crippen LogP contribution in [0.3, 0.4) is 0 Å². The highest BCUT2D eigenvalue weighted by molar-refractivity contribution is 7.16. The second kappa shape index (κ2) is 3.99. The maximum absolute atomic E-state index is 13.3. The smallest absolute Gasteiger partial charge is 0.251 e. The Hall–Kier alpha value is -1.07. The van der Waals surface area contributed by atoms with Crippen molar-refractivity contribution < 1.29 is 8.78 Å². The van der Waals surface area contributed by atoms with Gasteiger partial charge in [-0.05, 0) is 17.7 Å². The molecule has 1 aliphatic rings. The Balaban J connectivity index is 1.92. The minimum Gasteiger partial charge on any atom is -0.309 e. The molecule has 2 heterocycles. The lowest BCUT2D eigenvalue weighted by molar-refractivity contribution is -0.0415. The predicted molar refractivity (Wildman–Crippen MR) is 64.5 cm³/mol. The summed E-state index contributed by atoms with van der Waals surface area (Å²) >= 11 is 1.56. The molecule has 5 heteroatoms. The van der Waals surface area contributed by atoms with Gasteiger partial charge in [0.25, 0.3) is 5.92 Å². The van der Waals surface area contributed by atoms with Gasteiger partial charge in [-0.25, -0.2) is 13.8 Å². The number of benzene rings is 1. The van der Waals surface area contributed by atoms with E-state index in [1.54, 1.807) is 16.8 Å². The SMILES string of the molecule is FC1(F)CCN[C@H](c2ccc3scnc3c2)C1. The fourth-order valence-corrected chi connectivity index (χ4v) is 2.89. The Morgan fingerprint density at radius 1 is 1.41 bits per heavy atom. The Morgan fingerprint density at radius 2 is 2.29 bits per heavy atom. The van der Waals surface area contributed by atoms with Crippen LogP contribution in [0.15, 0.2) is 23.7 Å². The van der Waals surface area contributed by atoms with Crippen LogP contribution in [0, 0.1) is 0 Å². The predicted octanol–water partition coefficient (Wildman–Crippen LogP) is 3.36. The van der Waals surface area contributed by atoms with E-state index in [1.165, 1.54) is 0 Å². The molecule has 1 fully saturated rings. The Labute approximate surface area is 102 Å². The number of hydrogen-bond donors (Lipinski definition) is 1. The second-order valence-corrected chi connectivity index (χ2v) is 5.28. The van der Waals surface area contributed by atoms with Crippen molar-refractivity contribution in [3.8, 4) is 0 Å². The number of fused-ring (bicyclic) bond motifs is 1. The van der Waals surface area contributed by atoms with E-state index in [2.05, 4.69) is 10.3 Å². The van der Waals surface area contributed by atoms with Gasteiger partial charge in [-0.15, -0.1) is 11.3 Å². The Bertz CT molecular complexity index is 538. The van der Waals surface area contributed by atoms with Gasteiger partial charge < -0.3 is 5.32 Å². The first-order valence-electron chi connectivity index (χ1n) is 5.58. The van der Waals surface area contributed by atoms with Gasteiger partial charge >= 0.3 is 0 Å². The number of alkyl halides is 2. The molecule has 2 aromatic rings. The molecule has 2 nitrogen and oxygen atoms in total. The molecule has 0 aliphatic carbocycles. The lowest BCUT2D eigenvalue weighted by Gasteiger charge is -2.30. The number of hydrogen-bond acceptors (Lipinski definition) is 3. The van der Waals surface area contributed by atoms with Crippen LogP contribution in [0.25, 0.3) is 10.2 Å². The molecule has 1 aliphatic heterocycles. The van der Waals surface area contributed by atoms with E-state index in [0.29, 0.717) is 6.54 Å². The Kier molecular flexibility index (Phi) is 2.60. The van der Waals surface area contributed by atoms with Gasteiger partial charge in [-0.3, -0.25) is 0 Å². The standard InChI is InChI=1S/C12H12F2N2S/c13-12(14)3-4-15-10(6-12)8-1-2-11-9(5-8)16-7-17-11/h1-2,5,7,10,15H,3-4,6H2/t10-/m0/s1. The summed E-state index contributed by atoms with van der Waals surface area (Å²) in [5.74, 6) is -2.55. The summed E-state index contributed by atoms with van der Waals surface area (Å²) in [6.45, 7) is 0.368. The maximum atomic E-state index is 13.3. The molecular formula is C12H12F2N2S. The van der Waals surface area contributed by atoms with Crippen LogP contribution in [0.2, 0.25) is 0 Å². The fourth-order valence-electron chi connectivity index (χ4n) is 2.23. The highest BCUT2D eigenvalue weighted by atomic mass is 32.1. The fraction of sp³-hybridized carbons (Fsp3) is 0.417. The zero-order valence-corrected chi connectivity index (χ0v) is 9.94. The molecule has 1 saturated heterocycles. The molecule has 0 unspecified atom stereocenters. The number of nitrogens with one attached hydrogen (secondary N) is 1. The molecule has 0 bridgehead atoms. The van der Waals surface area contributed by atoms with Crippen LogP contribution in [-0.4, -0.2) is 17.5 Å². The summed E-state index contributed by atoms with van der Waals surface area (Å²) in [5, 5.41) is 3.14. The van der Waals surface area contributed by atoms with Gasteiger partial charge in [0, 0.05) is 25.4 Å². The van der Waals surface area contributed by atoms with E-state index in [0.717, 1.165) is 15.8 Å². The van der Waals surface area contributed by atoms with Crippen LogP contribution in [0.4, 0.5) is 8.78 Å². The average Bonchev–Trinajstić information content (AvgIpc) is 2.74. The summed E-state index contributed by atoms with van der Waals surface area (Å²) in [4.78, 5) is 4.21. The van der Waals surface area contributed by atoms with E-state index < -0.39 is 5.92 Å². The van der Waals surface area contributed by atoms with Gasteiger partial charge in [0.2, 0.25) is 0 Å². The van der Waals surface area contributed by atoms with Gasteiger partial charge in [0.15, 0.2) is 0 Å². The third kappa shape index (κ3) is 2.17. The molecular weight excluding hydrogens is 242 g/mol. The number of rotatable bonds is 1. The molecule has 0 amide bonds. The van der Waals surface area contributed by atoms with Crippen molar-refractivity contribution in [2.24, 2.45) is 0 Å². The maximum Gasteiger partial charge on any atom is 0.251 e. The minimum atomic E-state index is -2.55. The molecule has 1 N–H and O–H groups in total. The van der Waals surface area contributed by atoms with Crippen molar-refractivity contribution in [2.45, 2.75) is 24.8 Å². The molecule has 3 rings (SSSR count). The van der Waals surface area contributed by atoms with Crippen molar-refractivity contribution in [2.75, 3.05) is 6.54 Å². The van der Waals surface area contributed by atoms with Crippen LogP contribution in [0.1, 0.15) is 24.4 Å². The molecule has 1 atom stereocenters. The molecule has 0 saturated carbocycles. The lowest BCUT2D eigenvalue weighted by atomic mass is 9.95. The minimum absolute atomic E-state index is 0.0670. The van der Waals surface area contributed by atoms with Gasteiger partial charge in [0.05, 0.1) is 15.7 Å². The van der Waals surface area contributed by atoms with Gasteiger partial charge in [-0.1, -0.05) is 6.07 Å². The van der Waals surface area contributed by atoms with Crippen molar-refractivity contribution in [1.82, 2.24) is 10.3 Å². The van der Waals surface area contributed by atoms with Gasteiger partial charge in [-0.2, -0.15) is 0 Å². The van der Waals surface area contributed by atoms with Gasteiger partial charge in [0.1, 0.15) is 0 Å². The van der Waals surface area contributed by atoms with Crippen molar-refractivity contribution >= 4 is 21.6 Å². The summed E-state index contributed by atoms with van der Waals surface area (Å²) in [6, 6.07) is 5.52. The zero-order chi connectivity index (χ0) is 11.9. The second-order valence-electron chi connectivity index (χ2n) is 4.40. The normalized spacial score (nSPS) is 24.0. The average molecular weight is 254 g/mol. The molecule has 1 aromatic heterocycles. The molecule has 0 radical (unpaired) electrons. The number of nitrogens with zero attached hydrogens (tertiary/aromatic N) is 1. The summed E-state index contributed by atoms with van der Waals surface area (Å²) in [6.07, 6.45) is -0.189. The van der Waals surface area contributed by atoms with Crippen molar-refractivity contribution in [3.05, 3.63) is 29.3 Å². The number of halogens is 2. The third-order valence-corrected chi connectivity index (χ3v) is 3.95. The van der Waals surface area contributed by atoms with Crippen LogP contribution >= 0.6 is 11.3 Å². The van der Waals surface area contributed by atoms with Crippen LogP contribution < -0.4 is 5.32 Å². The zero-order valence-electron chi connectivity index (χ0n) is 9.12. The molecule has 90 valence electrons. The van der Waals surface area contributed by atoms with Crippen LogP contribution in [0.5, 0.6) is 0 Å². The summed E-state index contributed by atoms with van der Waals surface area (Å²) in [7, 11) is 0.